The molecule has 1 aromatic carbocycles. The molecule has 90 valence electrons. The molecule has 0 saturated heterocycles. The van der Waals surface area contributed by atoms with Gasteiger partial charge in [0.1, 0.15) is 0 Å². The molecule has 3 N–H and O–H groups in total. The first-order valence-electron chi connectivity index (χ1n) is 5.16. The first-order valence-corrected chi connectivity index (χ1v) is 5.16. The SMILES string of the molecule is Cc1ccccc1CNC(=O)CC(C)N.Cl. The van der Waals surface area contributed by atoms with Crippen molar-refractivity contribution in [3.63, 3.8) is 0 Å². The molecule has 1 amide bonds. The Balaban J connectivity index is 0.00000225. The van der Waals surface area contributed by atoms with Gasteiger partial charge in [-0.25, -0.2) is 0 Å². The van der Waals surface area contributed by atoms with Crippen LogP contribution in [0.15, 0.2) is 24.3 Å². The van der Waals surface area contributed by atoms with Crippen molar-refractivity contribution >= 4 is 18.3 Å². The molecule has 0 spiro atoms. The van der Waals surface area contributed by atoms with Crippen molar-refractivity contribution in [2.45, 2.75) is 32.9 Å². The summed E-state index contributed by atoms with van der Waals surface area (Å²) in [6.07, 6.45) is 0.381. The van der Waals surface area contributed by atoms with Crippen LogP contribution in [-0.2, 0) is 11.3 Å². The molecule has 0 fully saturated rings. The van der Waals surface area contributed by atoms with E-state index in [1.807, 2.05) is 38.1 Å². The highest BCUT2D eigenvalue weighted by atomic mass is 35.5. The Bertz CT molecular complexity index is 340. The maximum atomic E-state index is 11.3. The first kappa shape index (κ1) is 14.9. The van der Waals surface area contributed by atoms with E-state index in [0.29, 0.717) is 13.0 Å². The minimum Gasteiger partial charge on any atom is -0.352 e. The van der Waals surface area contributed by atoms with Gasteiger partial charge in [0, 0.05) is 19.0 Å². The summed E-state index contributed by atoms with van der Waals surface area (Å²) >= 11 is 0. The van der Waals surface area contributed by atoms with Crippen molar-refractivity contribution in [3.05, 3.63) is 35.4 Å². The zero-order valence-electron chi connectivity index (χ0n) is 9.69. The Morgan fingerprint density at radius 2 is 2.06 bits per heavy atom. The number of hydrogen-bond donors (Lipinski definition) is 2. The fraction of sp³-hybridized carbons (Fsp3) is 0.417. The Morgan fingerprint density at radius 3 is 2.62 bits per heavy atom. The number of aryl methyl sites for hydroxylation is 1. The molecule has 0 aromatic heterocycles. The van der Waals surface area contributed by atoms with Crippen LogP contribution in [0.3, 0.4) is 0 Å². The van der Waals surface area contributed by atoms with Gasteiger partial charge in [-0.1, -0.05) is 24.3 Å². The topological polar surface area (TPSA) is 55.1 Å². The van der Waals surface area contributed by atoms with Gasteiger partial charge in [0.25, 0.3) is 0 Å². The number of rotatable bonds is 4. The predicted octanol–water partition coefficient (Wildman–Crippen LogP) is 1.77. The minimum atomic E-state index is -0.0816. The second-order valence-electron chi connectivity index (χ2n) is 3.88. The second kappa shape index (κ2) is 7.25. The first-order chi connectivity index (χ1) is 7.09. The van der Waals surface area contributed by atoms with Crippen molar-refractivity contribution in [3.8, 4) is 0 Å². The lowest BCUT2D eigenvalue weighted by Crippen LogP contribution is -2.29. The number of carbonyl (C=O) groups is 1. The maximum Gasteiger partial charge on any atom is 0.221 e. The molecule has 4 heteroatoms. The molecule has 1 unspecified atom stereocenters. The van der Waals surface area contributed by atoms with Gasteiger partial charge in [0.15, 0.2) is 0 Å². The van der Waals surface area contributed by atoms with Crippen LogP contribution in [0.2, 0.25) is 0 Å². The Kier molecular flexibility index (Phi) is 6.77. The molecule has 0 bridgehead atoms. The molecular formula is C12H19ClN2O. The van der Waals surface area contributed by atoms with Crippen molar-refractivity contribution in [2.75, 3.05) is 0 Å². The van der Waals surface area contributed by atoms with Gasteiger partial charge in [-0.05, 0) is 25.0 Å². The second-order valence-corrected chi connectivity index (χ2v) is 3.88. The van der Waals surface area contributed by atoms with Gasteiger partial charge in [0.05, 0.1) is 0 Å². The van der Waals surface area contributed by atoms with Crippen LogP contribution >= 0.6 is 12.4 Å². The van der Waals surface area contributed by atoms with E-state index in [1.54, 1.807) is 0 Å². The summed E-state index contributed by atoms with van der Waals surface area (Å²) < 4.78 is 0. The maximum absolute atomic E-state index is 11.3. The zero-order chi connectivity index (χ0) is 11.3. The quantitative estimate of drug-likeness (QED) is 0.846. The van der Waals surface area contributed by atoms with Crippen molar-refractivity contribution in [1.29, 1.82) is 0 Å². The Labute approximate surface area is 103 Å². The minimum absolute atomic E-state index is 0. The highest BCUT2D eigenvalue weighted by Gasteiger charge is 2.04. The van der Waals surface area contributed by atoms with Crippen LogP contribution in [0.25, 0.3) is 0 Å². The van der Waals surface area contributed by atoms with E-state index in [-0.39, 0.29) is 24.4 Å². The molecule has 1 atom stereocenters. The lowest BCUT2D eigenvalue weighted by molar-refractivity contribution is -0.121. The fourth-order valence-electron chi connectivity index (χ4n) is 1.37. The molecule has 0 aliphatic carbocycles. The molecule has 0 saturated carbocycles. The van der Waals surface area contributed by atoms with Gasteiger partial charge < -0.3 is 11.1 Å². The van der Waals surface area contributed by atoms with E-state index in [1.165, 1.54) is 5.56 Å². The fourth-order valence-corrected chi connectivity index (χ4v) is 1.37. The number of nitrogens with one attached hydrogen (secondary N) is 1. The lowest BCUT2D eigenvalue weighted by Gasteiger charge is -2.09. The predicted molar refractivity (Wildman–Crippen MR) is 68.5 cm³/mol. The van der Waals surface area contributed by atoms with Crippen molar-refractivity contribution < 1.29 is 4.79 Å². The molecule has 0 radical (unpaired) electrons. The molecule has 16 heavy (non-hydrogen) atoms. The number of benzene rings is 1. The average molecular weight is 243 g/mol. The van der Waals surface area contributed by atoms with Crippen LogP contribution in [0, 0.1) is 6.92 Å². The van der Waals surface area contributed by atoms with E-state index in [4.69, 9.17) is 5.73 Å². The third-order valence-electron chi connectivity index (χ3n) is 2.24. The van der Waals surface area contributed by atoms with Crippen molar-refractivity contribution in [1.82, 2.24) is 5.32 Å². The van der Waals surface area contributed by atoms with E-state index in [0.717, 1.165) is 5.56 Å². The summed E-state index contributed by atoms with van der Waals surface area (Å²) in [6.45, 7) is 4.44. The highest BCUT2D eigenvalue weighted by molar-refractivity contribution is 5.85. The van der Waals surface area contributed by atoms with E-state index < -0.39 is 0 Å². The van der Waals surface area contributed by atoms with Crippen molar-refractivity contribution in [2.24, 2.45) is 5.73 Å². The standard InChI is InChI=1S/C12H18N2O.ClH/c1-9-5-3-4-6-11(9)8-14-12(15)7-10(2)13;/h3-6,10H,7-8,13H2,1-2H3,(H,14,15);1H. The Hall–Kier alpha value is -1.06. The van der Waals surface area contributed by atoms with Gasteiger partial charge in [-0.2, -0.15) is 0 Å². The summed E-state index contributed by atoms with van der Waals surface area (Å²) in [4.78, 5) is 11.3. The third kappa shape index (κ3) is 5.14. The molecule has 1 aromatic rings. The monoisotopic (exact) mass is 242 g/mol. The zero-order valence-corrected chi connectivity index (χ0v) is 10.5. The lowest BCUT2D eigenvalue weighted by atomic mass is 10.1. The van der Waals surface area contributed by atoms with E-state index in [9.17, 15) is 4.79 Å². The van der Waals surface area contributed by atoms with Crippen LogP contribution in [-0.4, -0.2) is 11.9 Å². The molecule has 0 heterocycles. The summed E-state index contributed by atoms with van der Waals surface area (Å²) in [7, 11) is 0. The molecule has 0 aliphatic heterocycles. The number of nitrogens with two attached hydrogens (primary N) is 1. The van der Waals surface area contributed by atoms with Crippen LogP contribution < -0.4 is 11.1 Å². The normalized spacial score (nSPS) is 11.4. The summed E-state index contributed by atoms with van der Waals surface area (Å²) in [5.41, 5.74) is 7.87. The molecular weight excluding hydrogens is 224 g/mol. The van der Waals surface area contributed by atoms with E-state index >= 15 is 0 Å². The number of carbonyl (C=O) groups excluding carboxylic acids is 1. The summed E-state index contributed by atoms with van der Waals surface area (Å²) in [5, 5.41) is 2.85. The van der Waals surface area contributed by atoms with Gasteiger partial charge >= 0.3 is 0 Å². The highest BCUT2D eigenvalue weighted by Crippen LogP contribution is 2.06. The molecule has 1 rings (SSSR count). The van der Waals surface area contributed by atoms with Gasteiger partial charge in [-0.15, -0.1) is 12.4 Å². The van der Waals surface area contributed by atoms with Crippen LogP contribution in [0.1, 0.15) is 24.5 Å². The number of halogens is 1. The smallest absolute Gasteiger partial charge is 0.221 e. The summed E-state index contributed by atoms with van der Waals surface area (Å²) in [5.74, 6) is 0.00764. The van der Waals surface area contributed by atoms with E-state index in [2.05, 4.69) is 5.32 Å². The van der Waals surface area contributed by atoms with Gasteiger partial charge in [0.2, 0.25) is 5.91 Å². The Morgan fingerprint density at radius 1 is 1.44 bits per heavy atom. The van der Waals surface area contributed by atoms with Gasteiger partial charge in [-0.3, -0.25) is 4.79 Å². The summed E-state index contributed by atoms with van der Waals surface area (Å²) in [6, 6.07) is 7.93. The third-order valence-corrected chi connectivity index (χ3v) is 2.24. The largest absolute Gasteiger partial charge is 0.352 e. The van der Waals surface area contributed by atoms with Crippen LogP contribution in [0.5, 0.6) is 0 Å². The molecule has 3 nitrogen and oxygen atoms in total. The average Bonchev–Trinajstić information content (AvgIpc) is 2.15. The van der Waals surface area contributed by atoms with Crippen LogP contribution in [0.4, 0.5) is 0 Å². The molecule has 0 aliphatic rings. The number of hydrogen-bond acceptors (Lipinski definition) is 2. The number of amides is 1.